The van der Waals surface area contributed by atoms with Crippen LogP contribution in [0.1, 0.15) is 28.1 Å². The van der Waals surface area contributed by atoms with Crippen LogP contribution in [0.2, 0.25) is 5.15 Å². The number of benzene rings is 1. The first-order valence-corrected chi connectivity index (χ1v) is 7.76. The van der Waals surface area contributed by atoms with E-state index in [4.69, 9.17) is 11.6 Å². The van der Waals surface area contributed by atoms with Crippen molar-refractivity contribution in [3.8, 4) is 5.88 Å². The summed E-state index contributed by atoms with van der Waals surface area (Å²) in [5.41, 5.74) is 8.82. The number of aromatic nitrogens is 3. The highest BCUT2D eigenvalue weighted by atomic mass is 35.5. The van der Waals surface area contributed by atoms with Gasteiger partial charge in [-0.25, -0.2) is 14.6 Å². The van der Waals surface area contributed by atoms with Crippen LogP contribution in [-0.2, 0) is 0 Å². The van der Waals surface area contributed by atoms with Crippen molar-refractivity contribution in [2.24, 2.45) is 0 Å². The summed E-state index contributed by atoms with van der Waals surface area (Å²) >= 11 is 6.24. The second-order valence-electron chi connectivity index (χ2n) is 5.93. The molecule has 3 rings (SSSR count). The molecule has 5 nitrogen and oxygen atoms in total. The van der Waals surface area contributed by atoms with E-state index in [1.54, 1.807) is 18.5 Å². The molecular formula is C17H19ClN4O. The molecule has 2 heterocycles. The van der Waals surface area contributed by atoms with Gasteiger partial charge < -0.3 is 5.11 Å². The molecule has 0 amide bonds. The standard InChI is InChI=1S/C17H19ClN4O/c1-8-6-9(2)14(10(3)7-8)21-22-16-13(11(4)17(22)23)15(18)19-12(5)20-16/h6-7,21,23H,1-5H3. The maximum Gasteiger partial charge on any atom is 0.216 e. The SMILES string of the molecule is Cc1cc(C)c(Nn2c(O)c(C)c3c(Cl)nc(C)nc32)c(C)c1. The van der Waals surface area contributed by atoms with E-state index in [1.165, 1.54) is 5.56 Å². The summed E-state index contributed by atoms with van der Waals surface area (Å²) in [7, 11) is 0. The first-order chi connectivity index (χ1) is 10.8. The summed E-state index contributed by atoms with van der Waals surface area (Å²) < 4.78 is 1.57. The fraction of sp³-hybridized carbons (Fsp3) is 0.294. The van der Waals surface area contributed by atoms with Crippen molar-refractivity contribution in [2.45, 2.75) is 34.6 Å². The summed E-state index contributed by atoms with van der Waals surface area (Å²) in [5.74, 6) is 0.640. The lowest BCUT2D eigenvalue weighted by Gasteiger charge is -2.16. The van der Waals surface area contributed by atoms with Crippen LogP contribution in [-0.4, -0.2) is 19.8 Å². The molecule has 0 aliphatic heterocycles. The summed E-state index contributed by atoms with van der Waals surface area (Å²) in [6.07, 6.45) is 0. The number of hydrogen-bond donors (Lipinski definition) is 2. The highest BCUT2D eigenvalue weighted by Gasteiger charge is 2.19. The maximum absolute atomic E-state index is 10.5. The third-order valence-corrected chi connectivity index (χ3v) is 4.27. The molecule has 6 heteroatoms. The average Bonchev–Trinajstić information content (AvgIpc) is 2.66. The van der Waals surface area contributed by atoms with Crippen molar-refractivity contribution in [1.29, 1.82) is 0 Å². The molecule has 0 aliphatic carbocycles. The van der Waals surface area contributed by atoms with Crippen LogP contribution in [0.15, 0.2) is 12.1 Å². The molecule has 0 bridgehead atoms. The lowest BCUT2D eigenvalue weighted by molar-refractivity contribution is 0.435. The maximum atomic E-state index is 10.5. The van der Waals surface area contributed by atoms with E-state index in [2.05, 4.69) is 34.5 Å². The first kappa shape index (κ1) is 15.6. The van der Waals surface area contributed by atoms with Gasteiger partial charge in [-0.1, -0.05) is 29.3 Å². The summed E-state index contributed by atoms with van der Waals surface area (Å²) in [6.45, 7) is 9.70. The zero-order chi connectivity index (χ0) is 16.9. The second-order valence-corrected chi connectivity index (χ2v) is 6.29. The number of nitrogens with one attached hydrogen (secondary N) is 1. The Hall–Kier alpha value is -2.27. The van der Waals surface area contributed by atoms with Crippen molar-refractivity contribution in [3.63, 3.8) is 0 Å². The normalized spacial score (nSPS) is 11.2. The van der Waals surface area contributed by atoms with E-state index in [1.807, 2.05) is 13.8 Å². The van der Waals surface area contributed by atoms with Gasteiger partial charge in [0.05, 0.1) is 11.1 Å². The molecule has 2 aromatic heterocycles. The van der Waals surface area contributed by atoms with Crippen molar-refractivity contribution in [3.05, 3.63) is 45.4 Å². The minimum atomic E-state index is 0.0844. The first-order valence-electron chi connectivity index (χ1n) is 7.38. The van der Waals surface area contributed by atoms with Gasteiger partial charge in [-0.15, -0.1) is 0 Å². The molecule has 2 N–H and O–H groups in total. The topological polar surface area (TPSA) is 63.0 Å². The van der Waals surface area contributed by atoms with E-state index < -0.39 is 0 Å². The Labute approximate surface area is 139 Å². The predicted octanol–water partition coefficient (Wildman–Crippen LogP) is 4.21. The molecule has 0 unspecified atom stereocenters. The van der Waals surface area contributed by atoms with Crippen molar-refractivity contribution in [2.75, 3.05) is 5.43 Å². The van der Waals surface area contributed by atoms with E-state index in [0.717, 1.165) is 16.8 Å². The van der Waals surface area contributed by atoms with Gasteiger partial charge in [0.15, 0.2) is 5.65 Å². The van der Waals surface area contributed by atoms with Gasteiger partial charge in [-0.05, 0) is 45.7 Å². The van der Waals surface area contributed by atoms with E-state index >= 15 is 0 Å². The molecule has 1 aromatic carbocycles. The highest BCUT2D eigenvalue weighted by molar-refractivity contribution is 6.34. The predicted molar refractivity (Wildman–Crippen MR) is 93.4 cm³/mol. The van der Waals surface area contributed by atoms with Gasteiger partial charge in [-0.3, -0.25) is 5.43 Å². The minimum absolute atomic E-state index is 0.0844. The number of hydrogen-bond acceptors (Lipinski definition) is 4. The zero-order valence-corrected chi connectivity index (χ0v) is 14.6. The third kappa shape index (κ3) is 2.51. The number of rotatable bonds is 2. The van der Waals surface area contributed by atoms with Gasteiger partial charge in [0.1, 0.15) is 11.0 Å². The van der Waals surface area contributed by atoms with Crippen molar-refractivity contribution >= 4 is 28.3 Å². The molecule has 0 spiro atoms. The van der Waals surface area contributed by atoms with Crippen LogP contribution >= 0.6 is 11.6 Å². The fourth-order valence-electron chi connectivity index (χ4n) is 2.96. The molecule has 0 aliphatic rings. The molecule has 120 valence electrons. The zero-order valence-electron chi connectivity index (χ0n) is 13.8. The Morgan fingerprint density at radius 3 is 2.26 bits per heavy atom. The Bertz CT molecular complexity index is 907. The van der Waals surface area contributed by atoms with Crippen molar-refractivity contribution in [1.82, 2.24) is 14.6 Å². The Kier molecular flexibility index (Phi) is 3.68. The second kappa shape index (κ2) is 5.42. The summed E-state index contributed by atoms with van der Waals surface area (Å²) in [4.78, 5) is 8.61. The lowest BCUT2D eigenvalue weighted by atomic mass is 10.1. The fourth-order valence-corrected chi connectivity index (χ4v) is 3.31. The molecule has 3 aromatic rings. The minimum Gasteiger partial charge on any atom is -0.493 e. The molecule has 23 heavy (non-hydrogen) atoms. The number of nitrogens with zero attached hydrogens (tertiary/aromatic N) is 3. The van der Waals surface area contributed by atoms with Crippen LogP contribution in [0.5, 0.6) is 5.88 Å². The number of halogens is 1. The number of fused-ring (bicyclic) bond motifs is 1. The van der Waals surface area contributed by atoms with Crippen LogP contribution in [0.3, 0.4) is 0 Å². The van der Waals surface area contributed by atoms with Crippen LogP contribution in [0, 0.1) is 34.6 Å². The van der Waals surface area contributed by atoms with Gasteiger partial charge in [0.25, 0.3) is 0 Å². The molecular weight excluding hydrogens is 312 g/mol. The quantitative estimate of drug-likeness (QED) is 0.691. The Morgan fingerprint density at radius 2 is 1.65 bits per heavy atom. The number of aromatic hydroxyl groups is 1. The van der Waals surface area contributed by atoms with Gasteiger partial charge in [0.2, 0.25) is 5.88 Å². The average molecular weight is 331 g/mol. The molecule has 0 atom stereocenters. The van der Waals surface area contributed by atoms with Gasteiger partial charge in [0, 0.05) is 5.56 Å². The van der Waals surface area contributed by atoms with E-state index in [9.17, 15) is 5.11 Å². The monoisotopic (exact) mass is 330 g/mol. The van der Waals surface area contributed by atoms with Gasteiger partial charge >= 0.3 is 0 Å². The molecule has 0 fully saturated rings. The van der Waals surface area contributed by atoms with E-state index in [0.29, 0.717) is 27.6 Å². The Morgan fingerprint density at radius 1 is 1.04 bits per heavy atom. The molecule has 0 radical (unpaired) electrons. The van der Waals surface area contributed by atoms with Gasteiger partial charge in [-0.2, -0.15) is 0 Å². The Balaban J connectivity index is 2.24. The highest BCUT2D eigenvalue weighted by Crippen LogP contribution is 2.34. The largest absolute Gasteiger partial charge is 0.493 e. The van der Waals surface area contributed by atoms with Crippen molar-refractivity contribution < 1.29 is 5.11 Å². The third-order valence-electron chi connectivity index (χ3n) is 3.99. The summed E-state index contributed by atoms with van der Waals surface area (Å²) in [5, 5.41) is 11.5. The smallest absolute Gasteiger partial charge is 0.216 e. The van der Waals surface area contributed by atoms with Crippen LogP contribution < -0.4 is 5.43 Å². The van der Waals surface area contributed by atoms with Crippen LogP contribution in [0.25, 0.3) is 11.0 Å². The summed E-state index contributed by atoms with van der Waals surface area (Å²) in [6, 6.07) is 4.19. The lowest BCUT2D eigenvalue weighted by Crippen LogP contribution is -2.12. The molecule has 0 saturated heterocycles. The van der Waals surface area contributed by atoms with E-state index in [-0.39, 0.29) is 5.88 Å². The molecule has 0 saturated carbocycles. The number of anilines is 1. The number of aryl methyl sites for hydroxylation is 5. The van der Waals surface area contributed by atoms with Crippen LogP contribution in [0.4, 0.5) is 5.69 Å².